The zero-order valence-electron chi connectivity index (χ0n) is 11.4. The van der Waals surface area contributed by atoms with E-state index >= 15 is 0 Å². The number of hydrogen-bond acceptors (Lipinski definition) is 3. The molecule has 0 heterocycles. The van der Waals surface area contributed by atoms with Crippen LogP contribution < -0.4 is 0 Å². The van der Waals surface area contributed by atoms with Gasteiger partial charge < -0.3 is 4.74 Å². The van der Waals surface area contributed by atoms with Gasteiger partial charge in [0.05, 0.1) is 6.61 Å². The van der Waals surface area contributed by atoms with Crippen LogP contribution >= 0.6 is 11.6 Å². The number of nitrogens with zero attached hydrogens (tertiary/aromatic N) is 1. The summed E-state index contributed by atoms with van der Waals surface area (Å²) in [5.74, 6) is -2.76. The maximum absolute atomic E-state index is 13.8. The average molecular weight is 328 g/mol. The Labute approximate surface area is 122 Å². The monoisotopic (exact) mass is 327 g/mol. The summed E-state index contributed by atoms with van der Waals surface area (Å²) in [5.41, 5.74) is 0.192. The Balaban J connectivity index is 3.31. The van der Waals surface area contributed by atoms with Crippen molar-refractivity contribution in [1.29, 1.82) is 0 Å². The molecule has 0 aliphatic carbocycles. The number of ether oxygens (including phenoxy) is 1. The van der Waals surface area contributed by atoms with E-state index in [0.29, 0.717) is 0 Å². The third-order valence-electron chi connectivity index (χ3n) is 2.89. The van der Waals surface area contributed by atoms with Gasteiger partial charge in [-0.1, -0.05) is 0 Å². The van der Waals surface area contributed by atoms with Crippen molar-refractivity contribution in [3.63, 3.8) is 0 Å². The highest BCUT2D eigenvalue weighted by atomic mass is 35.5. The van der Waals surface area contributed by atoms with E-state index in [9.17, 15) is 17.2 Å². The molecule has 1 aromatic rings. The number of likely N-dealkylation sites (N-methyl/N-ethyl adjacent to an activating group) is 1. The predicted octanol–water partition coefficient (Wildman–Crippen LogP) is 2.36. The van der Waals surface area contributed by atoms with Crippen molar-refractivity contribution in [1.82, 2.24) is 4.31 Å². The van der Waals surface area contributed by atoms with Crippen molar-refractivity contribution in [3.8, 4) is 0 Å². The smallest absolute Gasteiger partial charge is 0.246 e. The minimum atomic E-state index is -4.17. The zero-order valence-corrected chi connectivity index (χ0v) is 12.9. The molecule has 0 amide bonds. The molecule has 0 aliphatic heterocycles. The fourth-order valence-electron chi connectivity index (χ4n) is 1.62. The number of sulfonamides is 1. The van der Waals surface area contributed by atoms with Gasteiger partial charge in [-0.2, -0.15) is 4.31 Å². The van der Waals surface area contributed by atoms with Crippen molar-refractivity contribution in [2.75, 3.05) is 20.8 Å². The van der Waals surface area contributed by atoms with Crippen LogP contribution in [0.2, 0.25) is 0 Å². The molecule has 0 N–H and O–H groups in total. The zero-order chi connectivity index (χ0) is 15.5. The second-order valence-corrected chi connectivity index (χ2v) is 6.58. The highest BCUT2D eigenvalue weighted by Gasteiger charge is 2.30. The number of rotatable bonds is 6. The first-order valence-corrected chi connectivity index (χ1v) is 7.74. The van der Waals surface area contributed by atoms with Crippen molar-refractivity contribution in [2.24, 2.45) is 0 Å². The Morgan fingerprint density at radius 3 is 2.50 bits per heavy atom. The van der Waals surface area contributed by atoms with Gasteiger partial charge in [0.1, 0.15) is 4.90 Å². The van der Waals surface area contributed by atoms with Gasteiger partial charge in [0.15, 0.2) is 11.6 Å². The van der Waals surface area contributed by atoms with E-state index in [1.54, 1.807) is 6.92 Å². The van der Waals surface area contributed by atoms with Gasteiger partial charge in [-0.25, -0.2) is 17.2 Å². The first-order chi connectivity index (χ1) is 9.25. The van der Waals surface area contributed by atoms with Crippen LogP contribution in [-0.2, 0) is 20.6 Å². The highest BCUT2D eigenvalue weighted by Crippen LogP contribution is 2.24. The van der Waals surface area contributed by atoms with Gasteiger partial charge in [0, 0.05) is 26.1 Å². The normalized spacial score (nSPS) is 13.8. The van der Waals surface area contributed by atoms with E-state index in [4.69, 9.17) is 16.3 Å². The Morgan fingerprint density at radius 1 is 1.40 bits per heavy atom. The second-order valence-electron chi connectivity index (χ2n) is 4.35. The molecule has 8 heteroatoms. The van der Waals surface area contributed by atoms with Crippen LogP contribution in [0.3, 0.4) is 0 Å². The SMILES string of the molecule is COCC(C)N(C)S(=O)(=O)c1cc(CCl)cc(F)c1F. The number of benzene rings is 1. The molecular formula is C12H16ClF2NO3S. The van der Waals surface area contributed by atoms with E-state index in [0.717, 1.165) is 16.4 Å². The van der Waals surface area contributed by atoms with E-state index < -0.39 is 32.6 Å². The van der Waals surface area contributed by atoms with E-state index in [-0.39, 0.29) is 18.1 Å². The predicted molar refractivity (Wildman–Crippen MR) is 72.2 cm³/mol. The summed E-state index contributed by atoms with van der Waals surface area (Å²) in [4.78, 5) is -0.724. The number of alkyl halides is 1. The summed E-state index contributed by atoms with van der Waals surface area (Å²) >= 11 is 5.55. The lowest BCUT2D eigenvalue weighted by Gasteiger charge is -2.24. The summed E-state index contributed by atoms with van der Waals surface area (Å²) in [7, 11) is -1.46. The summed E-state index contributed by atoms with van der Waals surface area (Å²) in [6.45, 7) is 1.73. The van der Waals surface area contributed by atoms with Crippen LogP contribution in [0.5, 0.6) is 0 Å². The van der Waals surface area contributed by atoms with E-state index in [1.165, 1.54) is 14.2 Å². The molecule has 0 spiro atoms. The number of hydrogen-bond donors (Lipinski definition) is 0. The first-order valence-electron chi connectivity index (χ1n) is 5.76. The molecule has 0 aliphatic rings. The fraction of sp³-hybridized carbons (Fsp3) is 0.500. The Kier molecular flexibility index (Phi) is 5.88. The molecule has 1 atom stereocenters. The fourth-order valence-corrected chi connectivity index (χ4v) is 3.24. The quantitative estimate of drug-likeness (QED) is 0.754. The molecule has 0 aromatic heterocycles. The van der Waals surface area contributed by atoms with Gasteiger partial charge in [-0.3, -0.25) is 0 Å². The molecule has 1 unspecified atom stereocenters. The van der Waals surface area contributed by atoms with Crippen molar-refractivity contribution < 1.29 is 21.9 Å². The Hall–Kier alpha value is -0.760. The minimum Gasteiger partial charge on any atom is -0.383 e. The van der Waals surface area contributed by atoms with Crippen molar-refractivity contribution >= 4 is 21.6 Å². The molecular weight excluding hydrogens is 312 g/mol. The van der Waals surface area contributed by atoms with Crippen LogP contribution in [-0.4, -0.2) is 39.5 Å². The maximum atomic E-state index is 13.8. The lowest BCUT2D eigenvalue weighted by Crippen LogP contribution is -2.38. The Bertz CT molecular complexity index is 580. The van der Waals surface area contributed by atoms with Gasteiger partial charge in [0.2, 0.25) is 10.0 Å². The second kappa shape index (κ2) is 6.80. The van der Waals surface area contributed by atoms with Crippen LogP contribution in [0.25, 0.3) is 0 Å². The molecule has 0 saturated heterocycles. The van der Waals surface area contributed by atoms with Crippen LogP contribution in [0.4, 0.5) is 8.78 Å². The van der Waals surface area contributed by atoms with Gasteiger partial charge in [0.25, 0.3) is 0 Å². The van der Waals surface area contributed by atoms with Gasteiger partial charge in [-0.05, 0) is 24.6 Å². The van der Waals surface area contributed by atoms with Crippen molar-refractivity contribution in [3.05, 3.63) is 29.3 Å². The average Bonchev–Trinajstić information content (AvgIpc) is 2.40. The topological polar surface area (TPSA) is 46.6 Å². The number of halogens is 3. The molecule has 0 saturated carbocycles. The third-order valence-corrected chi connectivity index (χ3v) is 5.17. The van der Waals surface area contributed by atoms with Crippen molar-refractivity contribution in [2.45, 2.75) is 23.7 Å². The largest absolute Gasteiger partial charge is 0.383 e. The highest BCUT2D eigenvalue weighted by molar-refractivity contribution is 7.89. The lowest BCUT2D eigenvalue weighted by molar-refractivity contribution is 0.149. The molecule has 1 aromatic carbocycles. The molecule has 4 nitrogen and oxygen atoms in total. The van der Waals surface area contributed by atoms with Crippen LogP contribution in [0, 0.1) is 11.6 Å². The van der Waals surface area contributed by atoms with Crippen LogP contribution in [0.15, 0.2) is 17.0 Å². The standard InChI is InChI=1S/C12H16ClF2NO3S/c1-8(7-19-3)16(2)20(17,18)11-5-9(6-13)4-10(14)12(11)15/h4-5,8H,6-7H2,1-3H3. The first kappa shape index (κ1) is 17.3. The molecule has 0 bridgehead atoms. The van der Waals surface area contributed by atoms with E-state index in [2.05, 4.69) is 0 Å². The third kappa shape index (κ3) is 3.46. The maximum Gasteiger partial charge on any atom is 0.246 e. The van der Waals surface area contributed by atoms with Gasteiger partial charge >= 0.3 is 0 Å². The molecule has 0 radical (unpaired) electrons. The summed E-state index contributed by atoms with van der Waals surface area (Å²) in [5, 5.41) is 0. The van der Waals surface area contributed by atoms with Crippen LogP contribution in [0.1, 0.15) is 12.5 Å². The summed E-state index contributed by atoms with van der Waals surface area (Å²) in [6.07, 6.45) is 0. The number of methoxy groups -OCH3 is 1. The lowest BCUT2D eigenvalue weighted by atomic mass is 10.2. The Morgan fingerprint density at radius 2 is 2.00 bits per heavy atom. The van der Waals surface area contributed by atoms with E-state index in [1.807, 2.05) is 0 Å². The summed E-state index contributed by atoms with van der Waals surface area (Å²) in [6, 6.07) is 1.39. The van der Waals surface area contributed by atoms with Gasteiger partial charge in [-0.15, -0.1) is 11.6 Å². The molecule has 114 valence electrons. The summed E-state index contributed by atoms with van der Waals surface area (Å²) < 4.78 is 57.6. The molecule has 0 fully saturated rings. The minimum absolute atomic E-state index is 0.114. The molecule has 20 heavy (non-hydrogen) atoms. The molecule has 1 rings (SSSR count).